The molecule has 1 unspecified atom stereocenters. The van der Waals surface area contributed by atoms with Crippen molar-refractivity contribution in [1.82, 2.24) is 9.78 Å². The molecule has 0 saturated heterocycles. The van der Waals surface area contributed by atoms with Crippen LogP contribution < -0.4 is 5.73 Å². The van der Waals surface area contributed by atoms with Gasteiger partial charge >= 0.3 is 0 Å². The van der Waals surface area contributed by atoms with E-state index in [-0.39, 0.29) is 12.5 Å². The van der Waals surface area contributed by atoms with Crippen molar-refractivity contribution in [2.45, 2.75) is 6.42 Å². The lowest BCUT2D eigenvalue weighted by Crippen LogP contribution is -2.20. The van der Waals surface area contributed by atoms with Crippen molar-refractivity contribution >= 4 is 0 Å². The van der Waals surface area contributed by atoms with Crippen LogP contribution in [0, 0.1) is 5.92 Å². The van der Waals surface area contributed by atoms with Gasteiger partial charge < -0.3 is 10.8 Å². The lowest BCUT2D eigenvalue weighted by molar-refractivity contribution is 0.230. The number of nitrogens with zero attached hydrogens (tertiary/aromatic N) is 2. The Hall–Kier alpha value is -0.870. The molecule has 4 nitrogen and oxygen atoms in total. The number of hydrogen-bond acceptors (Lipinski definition) is 3. The summed E-state index contributed by atoms with van der Waals surface area (Å²) < 4.78 is 1.75. The summed E-state index contributed by atoms with van der Waals surface area (Å²) in [7, 11) is 1.87. The molecule has 1 rings (SSSR count). The molecule has 0 saturated carbocycles. The number of aliphatic hydroxyl groups excluding tert-OH is 1. The summed E-state index contributed by atoms with van der Waals surface area (Å²) in [6.07, 6.45) is 4.55. The lowest BCUT2D eigenvalue weighted by atomic mass is 10.0. The molecule has 3 N–H and O–H groups in total. The molecule has 0 aromatic carbocycles. The molecule has 0 aliphatic heterocycles. The van der Waals surface area contributed by atoms with Gasteiger partial charge in [-0.1, -0.05) is 0 Å². The standard InChI is InChI=1S/C8H15N3O/c1-11-5-8(4-10-11)2-7(3-9)6-12/h4-5,7,12H,2-3,6,9H2,1H3. The third-order valence-electron chi connectivity index (χ3n) is 1.87. The lowest BCUT2D eigenvalue weighted by Gasteiger charge is -2.08. The van der Waals surface area contributed by atoms with Gasteiger partial charge in [-0.2, -0.15) is 5.10 Å². The number of aromatic nitrogens is 2. The molecule has 1 atom stereocenters. The highest BCUT2D eigenvalue weighted by molar-refractivity contribution is 5.04. The largest absolute Gasteiger partial charge is 0.396 e. The van der Waals surface area contributed by atoms with Gasteiger partial charge in [0.1, 0.15) is 0 Å². The van der Waals surface area contributed by atoms with Gasteiger partial charge in [0.2, 0.25) is 0 Å². The van der Waals surface area contributed by atoms with Crippen LogP contribution in [0.25, 0.3) is 0 Å². The van der Waals surface area contributed by atoms with Crippen molar-refractivity contribution in [3.63, 3.8) is 0 Å². The van der Waals surface area contributed by atoms with Gasteiger partial charge in [-0.15, -0.1) is 0 Å². The van der Waals surface area contributed by atoms with Crippen molar-refractivity contribution in [2.75, 3.05) is 13.2 Å². The average Bonchev–Trinajstić information content (AvgIpc) is 2.47. The molecule has 1 aromatic rings. The van der Waals surface area contributed by atoms with Crippen molar-refractivity contribution in [3.8, 4) is 0 Å². The minimum Gasteiger partial charge on any atom is -0.396 e. The predicted octanol–water partition coefficient (Wildman–Crippen LogP) is -0.470. The number of rotatable bonds is 4. The van der Waals surface area contributed by atoms with Crippen LogP contribution in [-0.2, 0) is 13.5 Å². The summed E-state index contributed by atoms with van der Waals surface area (Å²) in [4.78, 5) is 0. The fourth-order valence-corrected chi connectivity index (χ4v) is 1.13. The Morgan fingerprint density at radius 3 is 2.92 bits per heavy atom. The summed E-state index contributed by atoms with van der Waals surface area (Å²) in [6.45, 7) is 0.663. The van der Waals surface area contributed by atoms with Crippen LogP contribution in [0.3, 0.4) is 0 Å². The highest BCUT2D eigenvalue weighted by Gasteiger charge is 2.06. The van der Waals surface area contributed by atoms with Crippen LogP contribution in [-0.4, -0.2) is 28.0 Å². The first kappa shape index (κ1) is 9.22. The summed E-state index contributed by atoms with van der Waals surface area (Å²) in [6, 6.07) is 0. The van der Waals surface area contributed by atoms with E-state index >= 15 is 0 Å². The molecule has 0 bridgehead atoms. The minimum atomic E-state index is 0.144. The van der Waals surface area contributed by atoms with E-state index in [2.05, 4.69) is 5.10 Å². The fourth-order valence-electron chi connectivity index (χ4n) is 1.13. The smallest absolute Gasteiger partial charge is 0.0521 e. The molecule has 0 fully saturated rings. The normalized spacial score (nSPS) is 13.2. The Kier molecular flexibility index (Phi) is 3.25. The molecule has 0 aliphatic carbocycles. The van der Waals surface area contributed by atoms with Crippen molar-refractivity contribution in [3.05, 3.63) is 18.0 Å². The van der Waals surface area contributed by atoms with E-state index in [0.717, 1.165) is 12.0 Å². The maximum atomic E-state index is 8.89. The van der Waals surface area contributed by atoms with Crippen molar-refractivity contribution in [2.24, 2.45) is 18.7 Å². The molecule has 0 radical (unpaired) electrons. The maximum Gasteiger partial charge on any atom is 0.0521 e. The molecule has 1 heterocycles. The zero-order valence-electron chi connectivity index (χ0n) is 7.27. The molecule has 0 spiro atoms. The highest BCUT2D eigenvalue weighted by Crippen LogP contribution is 2.05. The van der Waals surface area contributed by atoms with Crippen molar-refractivity contribution < 1.29 is 5.11 Å². The van der Waals surface area contributed by atoms with E-state index in [0.29, 0.717) is 6.54 Å². The number of nitrogens with two attached hydrogens (primary N) is 1. The van der Waals surface area contributed by atoms with Crippen LogP contribution in [0.4, 0.5) is 0 Å². The van der Waals surface area contributed by atoms with E-state index in [4.69, 9.17) is 10.8 Å². The molecule has 68 valence electrons. The van der Waals surface area contributed by atoms with Gasteiger partial charge in [-0.25, -0.2) is 0 Å². The second kappa shape index (κ2) is 4.23. The molecule has 0 aliphatic rings. The van der Waals surface area contributed by atoms with Gasteiger partial charge in [-0.3, -0.25) is 4.68 Å². The van der Waals surface area contributed by atoms with Crippen LogP contribution >= 0.6 is 0 Å². The quantitative estimate of drug-likeness (QED) is 0.640. The second-order valence-corrected chi connectivity index (χ2v) is 3.01. The highest BCUT2D eigenvalue weighted by atomic mass is 16.3. The number of aliphatic hydroxyl groups is 1. The SMILES string of the molecule is Cn1cc(CC(CN)CO)cn1. The zero-order valence-corrected chi connectivity index (χ0v) is 7.27. The molecular weight excluding hydrogens is 154 g/mol. The van der Waals surface area contributed by atoms with E-state index in [9.17, 15) is 0 Å². The average molecular weight is 169 g/mol. The maximum absolute atomic E-state index is 8.89. The predicted molar refractivity (Wildman–Crippen MR) is 46.5 cm³/mol. The van der Waals surface area contributed by atoms with Gasteiger partial charge in [0.25, 0.3) is 0 Å². The zero-order chi connectivity index (χ0) is 8.97. The van der Waals surface area contributed by atoms with Crippen LogP contribution in [0.15, 0.2) is 12.4 Å². The second-order valence-electron chi connectivity index (χ2n) is 3.01. The van der Waals surface area contributed by atoms with Gasteiger partial charge in [-0.05, 0) is 24.4 Å². The molecule has 4 heteroatoms. The summed E-state index contributed by atoms with van der Waals surface area (Å²) >= 11 is 0. The van der Waals surface area contributed by atoms with Gasteiger partial charge in [0.15, 0.2) is 0 Å². The van der Waals surface area contributed by atoms with E-state index in [1.54, 1.807) is 10.9 Å². The molecule has 0 amide bonds. The van der Waals surface area contributed by atoms with Crippen molar-refractivity contribution in [1.29, 1.82) is 0 Å². The molecule has 1 aromatic heterocycles. The Morgan fingerprint density at radius 1 is 1.75 bits per heavy atom. The first-order chi connectivity index (χ1) is 5.76. The Balaban J connectivity index is 2.50. The van der Waals surface area contributed by atoms with Crippen LogP contribution in [0.2, 0.25) is 0 Å². The topological polar surface area (TPSA) is 64.1 Å². The molecular formula is C8H15N3O. The monoisotopic (exact) mass is 169 g/mol. The Morgan fingerprint density at radius 2 is 2.50 bits per heavy atom. The Bertz CT molecular complexity index is 230. The summed E-state index contributed by atoms with van der Waals surface area (Å²) in [5.41, 5.74) is 6.58. The molecule has 12 heavy (non-hydrogen) atoms. The van der Waals surface area contributed by atoms with E-state index in [1.807, 2.05) is 13.2 Å². The Labute approximate surface area is 72.0 Å². The number of aryl methyl sites for hydroxylation is 1. The fraction of sp³-hybridized carbons (Fsp3) is 0.625. The summed E-state index contributed by atoms with van der Waals surface area (Å²) in [5.74, 6) is 0.161. The van der Waals surface area contributed by atoms with Crippen LogP contribution in [0.5, 0.6) is 0 Å². The minimum absolute atomic E-state index is 0.144. The van der Waals surface area contributed by atoms with E-state index < -0.39 is 0 Å². The number of hydrogen-bond donors (Lipinski definition) is 2. The third kappa shape index (κ3) is 2.32. The van der Waals surface area contributed by atoms with Crippen LogP contribution in [0.1, 0.15) is 5.56 Å². The first-order valence-electron chi connectivity index (χ1n) is 4.04. The van der Waals surface area contributed by atoms with Gasteiger partial charge in [0.05, 0.1) is 6.20 Å². The third-order valence-corrected chi connectivity index (χ3v) is 1.87. The van der Waals surface area contributed by atoms with E-state index in [1.165, 1.54) is 0 Å². The van der Waals surface area contributed by atoms with Gasteiger partial charge in [0, 0.05) is 19.9 Å². The summed E-state index contributed by atoms with van der Waals surface area (Å²) in [5, 5.41) is 12.9. The first-order valence-corrected chi connectivity index (χ1v) is 4.04.